The average Bonchev–Trinajstić information content (AvgIpc) is 3.21. The molecular formula is C33H33N2O7P. The Morgan fingerprint density at radius 3 is 1.86 bits per heavy atom. The molecule has 0 bridgehead atoms. The van der Waals surface area contributed by atoms with Crippen molar-refractivity contribution in [2.45, 2.75) is 38.2 Å². The number of anilines is 1. The molecule has 0 unspecified atom stereocenters. The van der Waals surface area contributed by atoms with Crippen LogP contribution in [0.15, 0.2) is 109 Å². The lowest BCUT2D eigenvalue weighted by molar-refractivity contribution is -0.122. The van der Waals surface area contributed by atoms with Gasteiger partial charge in [0.1, 0.15) is 22.8 Å². The lowest BCUT2D eigenvalue weighted by Crippen LogP contribution is -2.55. The molecule has 9 nitrogen and oxygen atoms in total. The van der Waals surface area contributed by atoms with Crippen molar-refractivity contribution in [3.05, 3.63) is 120 Å². The smallest absolute Gasteiger partial charge is 0.470 e. The van der Waals surface area contributed by atoms with Gasteiger partial charge in [-0.05, 0) is 68.8 Å². The molecule has 2 amide bonds. The first-order valence-electron chi connectivity index (χ1n) is 13.7. The van der Waals surface area contributed by atoms with Crippen molar-refractivity contribution in [2.24, 2.45) is 0 Å². The minimum absolute atomic E-state index is 0.118. The number of methoxy groups -OCH3 is 1. The molecular weight excluding hydrogens is 567 g/mol. The van der Waals surface area contributed by atoms with Crippen molar-refractivity contribution < 1.29 is 32.7 Å². The van der Waals surface area contributed by atoms with Crippen LogP contribution in [0.1, 0.15) is 31.9 Å². The molecule has 4 aromatic rings. The predicted molar refractivity (Wildman–Crippen MR) is 163 cm³/mol. The van der Waals surface area contributed by atoms with Crippen LogP contribution in [0.25, 0.3) is 0 Å². The van der Waals surface area contributed by atoms with Crippen LogP contribution >= 0.6 is 7.60 Å². The second-order valence-corrected chi connectivity index (χ2v) is 12.9. The van der Waals surface area contributed by atoms with Gasteiger partial charge in [-0.25, -0.2) is 9.36 Å². The van der Waals surface area contributed by atoms with Gasteiger partial charge in [-0.2, -0.15) is 0 Å². The normalized spacial score (nSPS) is 16.3. The van der Waals surface area contributed by atoms with Crippen molar-refractivity contribution in [2.75, 3.05) is 12.0 Å². The maximum atomic E-state index is 15.5. The Bertz CT molecular complexity index is 1600. The standard InChI is InChI=1S/C33H33N2O7P/c1-32(2,3)40-31(37)34-33(43(38,41-25-16-10-6-11-17-25)42-26-18-12-7-13-19-26)28-22-27(39-4)20-21-29(28)35(30(33)36)23-24-14-8-5-9-15-24/h5-22H,23H2,1-4H3,(H,34,37)/t33-/m1/s1. The van der Waals surface area contributed by atoms with Gasteiger partial charge >= 0.3 is 13.7 Å². The van der Waals surface area contributed by atoms with Crippen LogP contribution in [-0.2, 0) is 25.9 Å². The fourth-order valence-electron chi connectivity index (χ4n) is 4.81. The van der Waals surface area contributed by atoms with Crippen LogP contribution in [0, 0.1) is 0 Å². The molecule has 5 rings (SSSR count). The molecule has 0 radical (unpaired) electrons. The number of fused-ring (bicyclic) bond motifs is 1. The summed E-state index contributed by atoms with van der Waals surface area (Å²) in [6, 6.07) is 31.0. The number of alkyl carbamates (subject to hydrolysis) is 1. The largest absolute Gasteiger partial charge is 0.497 e. The zero-order valence-corrected chi connectivity index (χ0v) is 25.2. The highest BCUT2D eigenvalue weighted by atomic mass is 31.2. The number of benzene rings is 4. The van der Waals surface area contributed by atoms with Gasteiger partial charge in [0.05, 0.1) is 19.3 Å². The van der Waals surface area contributed by atoms with E-state index < -0.39 is 30.5 Å². The monoisotopic (exact) mass is 600 g/mol. The minimum Gasteiger partial charge on any atom is -0.497 e. The molecule has 0 spiro atoms. The molecule has 1 atom stereocenters. The van der Waals surface area contributed by atoms with E-state index in [0.29, 0.717) is 11.4 Å². The van der Waals surface area contributed by atoms with E-state index in [2.05, 4.69) is 5.32 Å². The van der Waals surface area contributed by atoms with Crippen LogP contribution in [0.3, 0.4) is 0 Å². The van der Waals surface area contributed by atoms with E-state index in [1.807, 2.05) is 30.3 Å². The van der Waals surface area contributed by atoms with Gasteiger partial charge in [0.2, 0.25) is 0 Å². The molecule has 0 aliphatic carbocycles. The first kappa shape index (κ1) is 29.7. The number of hydrogen-bond donors (Lipinski definition) is 1. The van der Waals surface area contributed by atoms with Crippen LogP contribution < -0.4 is 24.0 Å². The summed E-state index contributed by atoms with van der Waals surface area (Å²) >= 11 is 0. The summed E-state index contributed by atoms with van der Waals surface area (Å²) in [4.78, 5) is 29.9. The number of rotatable bonds is 9. The molecule has 0 aromatic heterocycles. The van der Waals surface area contributed by atoms with E-state index in [9.17, 15) is 9.59 Å². The van der Waals surface area contributed by atoms with Gasteiger partial charge in [0, 0.05) is 5.56 Å². The van der Waals surface area contributed by atoms with Crippen LogP contribution in [-0.4, -0.2) is 24.7 Å². The Balaban J connectivity index is 1.77. The number of amides is 2. The lowest BCUT2D eigenvalue weighted by Gasteiger charge is -2.36. The van der Waals surface area contributed by atoms with E-state index in [1.54, 1.807) is 99.6 Å². The van der Waals surface area contributed by atoms with Crippen LogP contribution in [0.5, 0.6) is 17.2 Å². The van der Waals surface area contributed by atoms with Crippen molar-refractivity contribution >= 4 is 25.3 Å². The molecule has 1 aliphatic rings. The molecule has 0 fully saturated rings. The summed E-state index contributed by atoms with van der Waals surface area (Å²) in [6.45, 7) is 5.19. The first-order valence-corrected chi connectivity index (χ1v) is 15.2. The number of nitrogens with one attached hydrogen (secondary N) is 1. The second kappa shape index (κ2) is 11.9. The third kappa shape index (κ3) is 6.08. The van der Waals surface area contributed by atoms with Crippen molar-refractivity contribution in [3.63, 3.8) is 0 Å². The van der Waals surface area contributed by atoms with E-state index in [4.69, 9.17) is 18.5 Å². The second-order valence-electron chi connectivity index (χ2n) is 10.9. The molecule has 1 heterocycles. The van der Waals surface area contributed by atoms with Gasteiger partial charge in [-0.1, -0.05) is 66.7 Å². The Morgan fingerprint density at radius 2 is 1.35 bits per heavy atom. The van der Waals surface area contributed by atoms with Gasteiger partial charge in [0.15, 0.2) is 0 Å². The summed E-state index contributed by atoms with van der Waals surface area (Å²) in [5.41, 5.74) is 0.458. The van der Waals surface area contributed by atoms with Crippen molar-refractivity contribution in [1.29, 1.82) is 0 Å². The SMILES string of the molecule is COc1ccc2c(c1)[C@@](NC(=O)OC(C)(C)C)(P(=O)(Oc1ccccc1)Oc1ccccc1)C(=O)N2Cc1ccccc1. The Labute approximate surface area is 250 Å². The predicted octanol–water partition coefficient (Wildman–Crippen LogP) is 7.27. The summed E-state index contributed by atoms with van der Waals surface area (Å²) in [6.07, 6.45) is -0.982. The fourth-order valence-corrected chi connectivity index (χ4v) is 6.98. The van der Waals surface area contributed by atoms with Crippen molar-refractivity contribution in [3.8, 4) is 17.2 Å². The van der Waals surface area contributed by atoms with Gasteiger partial charge in [-0.3, -0.25) is 10.1 Å². The zero-order chi connectivity index (χ0) is 30.7. The summed E-state index contributed by atoms with van der Waals surface area (Å²) in [5.74, 6) is -0.00752. The van der Waals surface area contributed by atoms with Crippen molar-refractivity contribution in [1.82, 2.24) is 5.32 Å². The zero-order valence-electron chi connectivity index (χ0n) is 24.4. The third-order valence-corrected chi connectivity index (χ3v) is 8.92. The summed E-state index contributed by atoms with van der Waals surface area (Å²) in [5, 5.41) is 0.307. The summed E-state index contributed by atoms with van der Waals surface area (Å²) in [7, 11) is -3.30. The molecule has 1 aliphatic heterocycles. The Hall–Kier alpha value is -4.75. The Morgan fingerprint density at radius 1 is 0.814 bits per heavy atom. The van der Waals surface area contributed by atoms with E-state index in [1.165, 1.54) is 12.0 Å². The number of para-hydroxylation sites is 2. The Kier molecular flexibility index (Phi) is 8.20. The highest BCUT2D eigenvalue weighted by molar-refractivity contribution is 7.57. The molecule has 0 saturated heterocycles. The molecule has 1 N–H and O–H groups in total. The molecule has 222 valence electrons. The number of carbonyl (C=O) groups excluding carboxylic acids is 2. The molecule has 0 saturated carbocycles. The average molecular weight is 601 g/mol. The molecule has 10 heteroatoms. The third-order valence-electron chi connectivity index (χ3n) is 6.65. The van der Waals surface area contributed by atoms with Gasteiger partial charge < -0.3 is 23.4 Å². The minimum atomic E-state index is -4.78. The van der Waals surface area contributed by atoms with E-state index >= 15 is 4.57 Å². The lowest BCUT2D eigenvalue weighted by atomic mass is 10.1. The van der Waals surface area contributed by atoms with Gasteiger partial charge in [-0.15, -0.1) is 0 Å². The maximum Gasteiger partial charge on any atom is 0.470 e. The topological polar surface area (TPSA) is 103 Å². The number of nitrogens with zero attached hydrogens (tertiary/aromatic N) is 1. The molecule has 43 heavy (non-hydrogen) atoms. The number of carbonyl (C=O) groups is 2. The first-order chi connectivity index (χ1) is 20.5. The molecule has 4 aromatic carbocycles. The van der Waals surface area contributed by atoms with Crippen LogP contribution in [0.4, 0.5) is 10.5 Å². The highest BCUT2D eigenvalue weighted by Gasteiger charge is 2.68. The van der Waals surface area contributed by atoms with Crippen LogP contribution in [0.2, 0.25) is 0 Å². The highest BCUT2D eigenvalue weighted by Crippen LogP contribution is 2.67. The van der Waals surface area contributed by atoms with Gasteiger partial charge in [0.25, 0.3) is 11.2 Å². The quantitative estimate of drug-likeness (QED) is 0.202. The van der Waals surface area contributed by atoms with E-state index in [-0.39, 0.29) is 23.6 Å². The number of ether oxygens (including phenoxy) is 2. The number of hydrogen-bond acceptors (Lipinski definition) is 7. The fraction of sp³-hybridized carbons (Fsp3) is 0.212. The summed E-state index contributed by atoms with van der Waals surface area (Å²) < 4.78 is 39.1. The van der Waals surface area contributed by atoms with E-state index in [0.717, 1.165) is 5.56 Å². The maximum absolute atomic E-state index is 15.5.